The summed E-state index contributed by atoms with van der Waals surface area (Å²) in [6.45, 7) is 4.75. The molecule has 15 heavy (non-hydrogen) atoms. The first-order chi connectivity index (χ1) is 7.06. The maximum absolute atomic E-state index is 5.34. The highest BCUT2D eigenvalue weighted by Gasteiger charge is 2.08. The van der Waals surface area contributed by atoms with Crippen molar-refractivity contribution in [3.63, 3.8) is 0 Å². The molecule has 1 aromatic rings. The van der Waals surface area contributed by atoms with Crippen molar-refractivity contribution in [2.75, 3.05) is 21.2 Å². The zero-order valence-electron chi connectivity index (χ0n) is 10.1. The molecule has 0 saturated carbocycles. The van der Waals surface area contributed by atoms with Crippen molar-refractivity contribution in [1.29, 1.82) is 0 Å². The van der Waals surface area contributed by atoms with Gasteiger partial charge in [0.2, 0.25) is 0 Å². The van der Waals surface area contributed by atoms with Gasteiger partial charge in [-0.2, -0.15) is 0 Å². The Bertz CT molecular complexity index is 337. The van der Waals surface area contributed by atoms with Crippen LogP contribution in [-0.4, -0.2) is 31.2 Å². The average molecular weight is 209 g/mol. The second-order valence-corrected chi connectivity index (χ2v) is 3.78. The van der Waals surface area contributed by atoms with Gasteiger partial charge < -0.3 is 4.74 Å². The lowest BCUT2D eigenvalue weighted by Gasteiger charge is -2.15. The van der Waals surface area contributed by atoms with E-state index >= 15 is 0 Å². The third-order valence-electron chi connectivity index (χ3n) is 2.31. The first-order valence-corrected chi connectivity index (χ1v) is 4.96. The Morgan fingerprint density at radius 2 is 2.07 bits per heavy atom. The summed E-state index contributed by atoms with van der Waals surface area (Å²) >= 11 is 0. The topological polar surface area (TPSA) is 37.4 Å². The van der Waals surface area contributed by atoms with Gasteiger partial charge in [-0.3, -0.25) is 9.99 Å². The monoisotopic (exact) mass is 209 g/mol. The van der Waals surface area contributed by atoms with Crippen LogP contribution < -0.4 is 10.2 Å². The molecule has 0 atom stereocenters. The number of aromatic nitrogens is 1. The summed E-state index contributed by atoms with van der Waals surface area (Å²) < 4.78 is 5.34. The fraction of sp³-hybridized carbons (Fsp3) is 0.545. The Morgan fingerprint density at radius 3 is 2.60 bits per heavy atom. The van der Waals surface area contributed by atoms with Crippen LogP contribution in [0.1, 0.15) is 16.8 Å². The number of hydrazine groups is 1. The average Bonchev–Trinajstić information content (AvgIpc) is 2.17. The molecule has 0 spiro atoms. The minimum Gasteiger partial charge on any atom is -0.496 e. The van der Waals surface area contributed by atoms with Gasteiger partial charge in [0.15, 0.2) is 0 Å². The Kier molecular flexibility index (Phi) is 4.05. The Morgan fingerprint density at radius 1 is 1.40 bits per heavy atom. The molecule has 0 unspecified atom stereocenters. The quantitative estimate of drug-likeness (QED) is 0.758. The van der Waals surface area contributed by atoms with Gasteiger partial charge in [-0.15, -0.1) is 0 Å². The molecule has 0 fully saturated rings. The molecule has 1 aromatic heterocycles. The standard InChI is InChI=1S/C11H19N3O/c1-8-6-12-10(7-13-14(3)4)9(2)11(8)15-5/h6,13H,7H2,1-5H3. The van der Waals surface area contributed by atoms with Crippen LogP contribution in [0.2, 0.25) is 0 Å². The second-order valence-electron chi connectivity index (χ2n) is 3.78. The number of methoxy groups -OCH3 is 1. The van der Waals surface area contributed by atoms with Gasteiger partial charge in [-0.1, -0.05) is 0 Å². The molecule has 0 aliphatic rings. The third kappa shape index (κ3) is 2.91. The summed E-state index contributed by atoms with van der Waals surface area (Å²) in [5.41, 5.74) is 6.38. The van der Waals surface area contributed by atoms with E-state index < -0.39 is 0 Å². The van der Waals surface area contributed by atoms with E-state index in [-0.39, 0.29) is 0 Å². The molecule has 4 nitrogen and oxygen atoms in total. The molecule has 0 aromatic carbocycles. The van der Waals surface area contributed by atoms with Gasteiger partial charge in [0.1, 0.15) is 5.75 Å². The predicted molar refractivity (Wildman–Crippen MR) is 60.8 cm³/mol. The minimum absolute atomic E-state index is 0.718. The van der Waals surface area contributed by atoms with E-state index in [2.05, 4.69) is 10.4 Å². The van der Waals surface area contributed by atoms with Crippen LogP contribution in [0.25, 0.3) is 0 Å². The van der Waals surface area contributed by atoms with Crippen LogP contribution in [0.15, 0.2) is 6.20 Å². The van der Waals surface area contributed by atoms with Crippen LogP contribution in [0.5, 0.6) is 5.75 Å². The van der Waals surface area contributed by atoms with Crippen molar-refractivity contribution >= 4 is 0 Å². The van der Waals surface area contributed by atoms with E-state index in [0.717, 1.165) is 29.1 Å². The minimum atomic E-state index is 0.718. The van der Waals surface area contributed by atoms with Crippen LogP contribution in [0.3, 0.4) is 0 Å². The van der Waals surface area contributed by atoms with E-state index in [1.165, 1.54) is 0 Å². The number of hydrogen-bond donors (Lipinski definition) is 1. The first kappa shape index (κ1) is 11.9. The summed E-state index contributed by atoms with van der Waals surface area (Å²) in [4.78, 5) is 4.39. The van der Waals surface area contributed by atoms with Crippen molar-refractivity contribution in [3.8, 4) is 5.75 Å². The lowest BCUT2D eigenvalue weighted by molar-refractivity contribution is 0.283. The molecule has 1 heterocycles. The number of nitrogens with one attached hydrogen (secondary N) is 1. The first-order valence-electron chi connectivity index (χ1n) is 4.96. The third-order valence-corrected chi connectivity index (χ3v) is 2.31. The molecule has 0 aliphatic carbocycles. The molecule has 0 aliphatic heterocycles. The van der Waals surface area contributed by atoms with E-state index in [9.17, 15) is 0 Å². The van der Waals surface area contributed by atoms with Crippen molar-refractivity contribution in [2.24, 2.45) is 0 Å². The van der Waals surface area contributed by atoms with Gasteiger partial charge in [-0.25, -0.2) is 5.43 Å². The molecule has 0 amide bonds. The molecule has 1 N–H and O–H groups in total. The highest BCUT2D eigenvalue weighted by atomic mass is 16.5. The van der Waals surface area contributed by atoms with Crippen molar-refractivity contribution < 1.29 is 4.74 Å². The van der Waals surface area contributed by atoms with Crippen LogP contribution in [0.4, 0.5) is 0 Å². The van der Waals surface area contributed by atoms with Gasteiger partial charge >= 0.3 is 0 Å². The summed E-state index contributed by atoms with van der Waals surface area (Å²) in [5, 5.41) is 1.91. The summed E-state index contributed by atoms with van der Waals surface area (Å²) in [5.74, 6) is 0.931. The molecule has 0 saturated heterocycles. The fourth-order valence-electron chi connectivity index (χ4n) is 1.48. The van der Waals surface area contributed by atoms with Gasteiger partial charge in [0.25, 0.3) is 0 Å². The largest absolute Gasteiger partial charge is 0.496 e. The molecular weight excluding hydrogens is 190 g/mol. The van der Waals surface area contributed by atoms with Gasteiger partial charge in [0, 0.05) is 31.4 Å². The van der Waals surface area contributed by atoms with E-state index in [4.69, 9.17) is 4.74 Å². The highest BCUT2D eigenvalue weighted by Crippen LogP contribution is 2.23. The smallest absolute Gasteiger partial charge is 0.128 e. The highest BCUT2D eigenvalue weighted by molar-refractivity contribution is 5.40. The van der Waals surface area contributed by atoms with Gasteiger partial charge in [-0.05, 0) is 13.8 Å². The van der Waals surface area contributed by atoms with E-state index in [1.54, 1.807) is 7.11 Å². The Labute approximate surface area is 91.2 Å². The SMILES string of the molecule is COc1c(C)cnc(CNN(C)C)c1C. The van der Waals surface area contributed by atoms with E-state index in [1.807, 2.05) is 39.1 Å². The van der Waals surface area contributed by atoms with Crippen molar-refractivity contribution in [3.05, 3.63) is 23.0 Å². The normalized spacial score (nSPS) is 10.8. The molecular formula is C11H19N3O. The summed E-state index contributed by atoms with van der Waals surface area (Å²) in [7, 11) is 5.61. The van der Waals surface area contributed by atoms with Crippen molar-refractivity contribution in [1.82, 2.24) is 15.4 Å². The van der Waals surface area contributed by atoms with Crippen LogP contribution >= 0.6 is 0 Å². The molecule has 0 bridgehead atoms. The number of aryl methyl sites for hydroxylation is 1. The maximum Gasteiger partial charge on any atom is 0.128 e. The molecule has 1 rings (SSSR count). The Hall–Kier alpha value is -1.13. The van der Waals surface area contributed by atoms with E-state index in [0.29, 0.717) is 0 Å². The van der Waals surface area contributed by atoms with Crippen LogP contribution in [0, 0.1) is 13.8 Å². The maximum atomic E-state index is 5.34. The number of hydrogen-bond acceptors (Lipinski definition) is 4. The van der Waals surface area contributed by atoms with Crippen molar-refractivity contribution in [2.45, 2.75) is 20.4 Å². The summed E-state index contributed by atoms with van der Waals surface area (Å²) in [6, 6.07) is 0. The lowest BCUT2D eigenvalue weighted by atomic mass is 10.1. The Balaban J connectivity index is 2.90. The van der Waals surface area contributed by atoms with Crippen LogP contribution in [-0.2, 0) is 6.54 Å². The summed E-state index contributed by atoms with van der Waals surface area (Å²) in [6.07, 6.45) is 1.85. The van der Waals surface area contributed by atoms with Gasteiger partial charge in [0.05, 0.1) is 19.3 Å². The molecule has 4 heteroatoms. The fourth-order valence-corrected chi connectivity index (χ4v) is 1.48. The molecule has 0 radical (unpaired) electrons. The number of rotatable bonds is 4. The second kappa shape index (κ2) is 5.09. The zero-order valence-corrected chi connectivity index (χ0v) is 10.1. The molecule has 84 valence electrons. The predicted octanol–water partition coefficient (Wildman–Crippen LogP) is 1.27. The lowest BCUT2D eigenvalue weighted by Crippen LogP contribution is -2.30. The number of pyridine rings is 1. The zero-order chi connectivity index (χ0) is 11.4. The number of nitrogens with zero attached hydrogens (tertiary/aromatic N) is 2. The number of ether oxygens (including phenoxy) is 1.